The van der Waals surface area contributed by atoms with Crippen LogP contribution >= 0.6 is 0 Å². The number of benzene rings is 1. The molecule has 3 rings (SSSR count). The number of fused-ring (bicyclic) bond motifs is 1. The van der Waals surface area contributed by atoms with E-state index in [9.17, 15) is 4.79 Å². The predicted molar refractivity (Wildman–Crippen MR) is 78.0 cm³/mol. The maximum atomic E-state index is 12.2. The molecule has 0 aromatic heterocycles. The van der Waals surface area contributed by atoms with E-state index >= 15 is 0 Å². The molecule has 0 spiro atoms. The Balaban J connectivity index is 1.88. The number of nitrogens with zero attached hydrogens (tertiary/aromatic N) is 1. The van der Waals surface area contributed by atoms with Gasteiger partial charge in [-0.2, -0.15) is 0 Å². The van der Waals surface area contributed by atoms with Crippen LogP contribution in [0.3, 0.4) is 0 Å². The van der Waals surface area contributed by atoms with E-state index in [2.05, 4.69) is 15.5 Å². The van der Waals surface area contributed by atoms with E-state index in [0.29, 0.717) is 0 Å². The standard InChI is InChI=1S/C15H21N3O2/c1-10(2)20-11-3-4-13-12(9-11)14(15(19)17-13)18-7-5-16-6-8-18/h3-4,9-10,14,16H,5-8H2,1-2H3,(H,17,19). The molecule has 108 valence electrons. The molecule has 0 radical (unpaired) electrons. The fourth-order valence-corrected chi connectivity index (χ4v) is 2.87. The number of anilines is 1. The number of hydrogen-bond donors (Lipinski definition) is 2. The molecule has 1 fully saturated rings. The highest BCUT2D eigenvalue weighted by molar-refractivity contribution is 6.02. The molecule has 2 N–H and O–H groups in total. The normalized spacial score (nSPS) is 22.8. The smallest absolute Gasteiger partial charge is 0.246 e. The molecule has 1 atom stereocenters. The van der Waals surface area contributed by atoms with Crippen LogP contribution in [0.5, 0.6) is 5.75 Å². The third-order valence-electron chi connectivity index (χ3n) is 3.71. The van der Waals surface area contributed by atoms with Gasteiger partial charge in [0.05, 0.1) is 6.10 Å². The van der Waals surface area contributed by atoms with Crippen LogP contribution in [-0.4, -0.2) is 43.1 Å². The Bertz CT molecular complexity index is 510. The molecule has 1 unspecified atom stereocenters. The summed E-state index contributed by atoms with van der Waals surface area (Å²) >= 11 is 0. The first-order valence-corrected chi connectivity index (χ1v) is 7.21. The van der Waals surface area contributed by atoms with Crippen LogP contribution in [0.1, 0.15) is 25.5 Å². The van der Waals surface area contributed by atoms with Gasteiger partial charge in [-0.05, 0) is 32.0 Å². The Kier molecular flexibility index (Phi) is 3.63. The summed E-state index contributed by atoms with van der Waals surface area (Å²) in [6, 6.07) is 5.68. The van der Waals surface area contributed by atoms with Gasteiger partial charge in [-0.3, -0.25) is 9.69 Å². The van der Waals surface area contributed by atoms with Crippen molar-refractivity contribution in [3.8, 4) is 5.75 Å². The average molecular weight is 275 g/mol. The lowest BCUT2D eigenvalue weighted by molar-refractivity contribution is -0.121. The molecule has 0 saturated carbocycles. The van der Waals surface area contributed by atoms with Crippen molar-refractivity contribution < 1.29 is 9.53 Å². The second kappa shape index (κ2) is 5.42. The van der Waals surface area contributed by atoms with Crippen molar-refractivity contribution in [2.75, 3.05) is 31.5 Å². The van der Waals surface area contributed by atoms with E-state index in [1.165, 1.54) is 0 Å². The number of carbonyl (C=O) groups excluding carboxylic acids is 1. The Hall–Kier alpha value is -1.59. The van der Waals surface area contributed by atoms with Crippen molar-refractivity contribution in [2.45, 2.75) is 26.0 Å². The van der Waals surface area contributed by atoms with Crippen molar-refractivity contribution >= 4 is 11.6 Å². The van der Waals surface area contributed by atoms with Crippen LogP contribution in [0, 0.1) is 0 Å². The number of hydrogen-bond acceptors (Lipinski definition) is 4. The van der Waals surface area contributed by atoms with Crippen LogP contribution in [0.15, 0.2) is 18.2 Å². The molecule has 0 aliphatic carbocycles. The lowest BCUT2D eigenvalue weighted by Crippen LogP contribution is -2.46. The van der Waals surface area contributed by atoms with E-state index in [0.717, 1.165) is 43.2 Å². The number of ether oxygens (including phenoxy) is 1. The van der Waals surface area contributed by atoms with E-state index in [4.69, 9.17) is 4.74 Å². The van der Waals surface area contributed by atoms with Crippen LogP contribution in [0.2, 0.25) is 0 Å². The van der Waals surface area contributed by atoms with Gasteiger partial charge in [-0.25, -0.2) is 0 Å². The first-order chi connectivity index (χ1) is 9.65. The molecule has 1 aromatic carbocycles. The SMILES string of the molecule is CC(C)Oc1ccc2c(c1)C(N1CCNCC1)C(=O)N2. The molecule has 2 aliphatic rings. The summed E-state index contributed by atoms with van der Waals surface area (Å²) in [5.41, 5.74) is 1.95. The molecule has 2 aliphatic heterocycles. The van der Waals surface area contributed by atoms with Gasteiger partial charge >= 0.3 is 0 Å². The van der Waals surface area contributed by atoms with Crippen LogP contribution in [0.25, 0.3) is 0 Å². The van der Waals surface area contributed by atoms with Gasteiger partial charge < -0.3 is 15.4 Å². The van der Waals surface area contributed by atoms with Gasteiger partial charge in [0, 0.05) is 37.4 Å². The fraction of sp³-hybridized carbons (Fsp3) is 0.533. The Morgan fingerprint density at radius 3 is 2.75 bits per heavy atom. The lowest BCUT2D eigenvalue weighted by atomic mass is 10.1. The maximum Gasteiger partial charge on any atom is 0.246 e. The molecule has 5 nitrogen and oxygen atoms in total. The summed E-state index contributed by atoms with van der Waals surface area (Å²) in [7, 11) is 0. The summed E-state index contributed by atoms with van der Waals surface area (Å²) in [4.78, 5) is 14.5. The van der Waals surface area contributed by atoms with Crippen molar-refractivity contribution in [3.05, 3.63) is 23.8 Å². The zero-order valence-corrected chi connectivity index (χ0v) is 12.0. The molecule has 1 saturated heterocycles. The Morgan fingerprint density at radius 1 is 1.30 bits per heavy atom. The fourth-order valence-electron chi connectivity index (χ4n) is 2.87. The second-order valence-electron chi connectivity index (χ2n) is 5.59. The predicted octanol–water partition coefficient (Wildman–Crippen LogP) is 1.37. The van der Waals surface area contributed by atoms with E-state index in [1.807, 2.05) is 32.0 Å². The number of nitrogens with one attached hydrogen (secondary N) is 2. The summed E-state index contributed by atoms with van der Waals surface area (Å²) in [6.07, 6.45) is 0.135. The summed E-state index contributed by atoms with van der Waals surface area (Å²) in [5, 5.41) is 6.29. The first kappa shape index (κ1) is 13.4. The van der Waals surface area contributed by atoms with Gasteiger partial charge in [0.15, 0.2) is 0 Å². The highest BCUT2D eigenvalue weighted by Crippen LogP contribution is 2.37. The molecule has 1 amide bonds. The first-order valence-electron chi connectivity index (χ1n) is 7.21. The summed E-state index contributed by atoms with van der Waals surface area (Å²) in [6.45, 7) is 7.66. The number of carbonyl (C=O) groups is 1. The largest absolute Gasteiger partial charge is 0.491 e. The van der Waals surface area contributed by atoms with Crippen LogP contribution < -0.4 is 15.4 Å². The van der Waals surface area contributed by atoms with Gasteiger partial charge in [-0.1, -0.05) is 0 Å². The van der Waals surface area contributed by atoms with Crippen LogP contribution in [-0.2, 0) is 4.79 Å². The average Bonchev–Trinajstić information content (AvgIpc) is 2.74. The van der Waals surface area contributed by atoms with Crippen molar-refractivity contribution in [2.24, 2.45) is 0 Å². The quantitative estimate of drug-likeness (QED) is 0.875. The topological polar surface area (TPSA) is 53.6 Å². The monoisotopic (exact) mass is 275 g/mol. The van der Waals surface area contributed by atoms with E-state index in [1.54, 1.807) is 0 Å². The number of piperazine rings is 1. The highest BCUT2D eigenvalue weighted by Gasteiger charge is 2.36. The van der Waals surface area contributed by atoms with Crippen molar-refractivity contribution in [1.29, 1.82) is 0 Å². The second-order valence-corrected chi connectivity index (χ2v) is 5.59. The van der Waals surface area contributed by atoms with Crippen molar-refractivity contribution in [3.63, 3.8) is 0 Å². The molecule has 2 heterocycles. The molecule has 5 heteroatoms. The minimum Gasteiger partial charge on any atom is -0.491 e. The van der Waals surface area contributed by atoms with E-state index in [-0.39, 0.29) is 18.1 Å². The third-order valence-corrected chi connectivity index (χ3v) is 3.71. The van der Waals surface area contributed by atoms with Gasteiger partial charge in [0.25, 0.3) is 0 Å². The Labute approximate surface area is 119 Å². The Morgan fingerprint density at radius 2 is 2.05 bits per heavy atom. The molecule has 0 bridgehead atoms. The minimum absolute atomic E-state index is 0.0728. The molecular formula is C15H21N3O2. The number of amides is 1. The molecule has 1 aromatic rings. The molecular weight excluding hydrogens is 254 g/mol. The summed E-state index contributed by atoms with van der Waals surface area (Å²) in [5.74, 6) is 0.902. The van der Waals surface area contributed by atoms with Gasteiger partial charge in [-0.15, -0.1) is 0 Å². The zero-order chi connectivity index (χ0) is 14.1. The third kappa shape index (κ3) is 2.51. The van der Waals surface area contributed by atoms with Crippen LogP contribution in [0.4, 0.5) is 5.69 Å². The summed E-state index contributed by atoms with van der Waals surface area (Å²) < 4.78 is 5.74. The maximum absolute atomic E-state index is 12.2. The number of rotatable bonds is 3. The lowest BCUT2D eigenvalue weighted by Gasteiger charge is -2.31. The minimum atomic E-state index is -0.178. The van der Waals surface area contributed by atoms with E-state index < -0.39 is 0 Å². The van der Waals surface area contributed by atoms with Gasteiger partial charge in [0.1, 0.15) is 11.8 Å². The molecule has 20 heavy (non-hydrogen) atoms. The highest BCUT2D eigenvalue weighted by atomic mass is 16.5. The van der Waals surface area contributed by atoms with Gasteiger partial charge in [0.2, 0.25) is 5.91 Å². The van der Waals surface area contributed by atoms with Crippen molar-refractivity contribution in [1.82, 2.24) is 10.2 Å². The zero-order valence-electron chi connectivity index (χ0n) is 12.0.